The standard InChI is InChI=1S/C9H18N4O2/c1-7(9(10)15)12-8(14)6-13-4-2-11-3-5-13/h7,11H,2-6H2,1H3,(H2,10,15)(H,12,14). The predicted molar refractivity (Wildman–Crippen MR) is 56.1 cm³/mol. The van der Waals surface area contributed by atoms with Gasteiger partial charge in [0, 0.05) is 26.2 Å². The van der Waals surface area contributed by atoms with Crippen LogP contribution in [0.4, 0.5) is 0 Å². The molecule has 0 aromatic carbocycles. The van der Waals surface area contributed by atoms with Crippen molar-refractivity contribution in [2.45, 2.75) is 13.0 Å². The zero-order valence-electron chi connectivity index (χ0n) is 8.95. The molecule has 0 saturated carbocycles. The maximum atomic E-state index is 11.4. The molecule has 1 fully saturated rings. The summed E-state index contributed by atoms with van der Waals surface area (Å²) in [5.74, 6) is -0.660. The van der Waals surface area contributed by atoms with Gasteiger partial charge in [-0.2, -0.15) is 0 Å². The van der Waals surface area contributed by atoms with Gasteiger partial charge in [-0.1, -0.05) is 0 Å². The summed E-state index contributed by atoms with van der Waals surface area (Å²) in [6, 6.07) is -0.597. The zero-order valence-corrected chi connectivity index (χ0v) is 8.95. The van der Waals surface area contributed by atoms with Crippen LogP contribution < -0.4 is 16.4 Å². The van der Waals surface area contributed by atoms with Gasteiger partial charge >= 0.3 is 0 Å². The molecule has 6 heteroatoms. The fourth-order valence-corrected chi connectivity index (χ4v) is 1.43. The molecule has 2 amide bonds. The smallest absolute Gasteiger partial charge is 0.239 e. The molecular weight excluding hydrogens is 196 g/mol. The van der Waals surface area contributed by atoms with E-state index in [4.69, 9.17) is 5.73 Å². The van der Waals surface area contributed by atoms with Crippen LogP contribution in [0.5, 0.6) is 0 Å². The number of hydrogen-bond acceptors (Lipinski definition) is 4. The summed E-state index contributed by atoms with van der Waals surface area (Å²) in [6.45, 7) is 5.44. The summed E-state index contributed by atoms with van der Waals surface area (Å²) in [5.41, 5.74) is 5.04. The lowest BCUT2D eigenvalue weighted by Gasteiger charge is -2.26. The molecule has 1 aliphatic rings. The van der Waals surface area contributed by atoms with E-state index in [9.17, 15) is 9.59 Å². The maximum Gasteiger partial charge on any atom is 0.239 e. The van der Waals surface area contributed by atoms with Crippen LogP contribution >= 0.6 is 0 Å². The summed E-state index contributed by atoms with van der Waals surface area (Å²) < 4.78 is 0. The molecule has 1 unspecified atom stereocenters. The van der Waals surface area contributed by atoms with Crippen molar-refractivity contribution in [1.82, 2.24) is 15.5 Å². The first-order valence-electron chi connectivity index (χ1n) is 5.11. The van der Waals surface area contributed by atoms with E-state index >= 15 is 0 Å². The second-order valence-corrected chi connectivity index (χ2v) is 3.72. The fraction of sp³-hybridized carbons (Fsp3) is 0.778. The Kier molecular flexibility index (Phi) is 4.51. The molecule has 1 aliphatic heterocycles. The molecule has 0 aliphatic carbocycles. The Bertz CT molecular complexity index is 238. The summed E-state index contributed by atoms with van der Waals surface area (Å²) in [4.78, 5) is 24.2. The Morgan fingerprint density at radius 1 is 1.47 bits per heavy atom. The minimum Gasteiger partial charge on any atom is -0.368 e. The number of piperazine rings is 1. The maximum absolute atomic E-state index is 11.4. The summed E-state index contributed by atoms with van der Waals surface area (Å²) in [7, 11) is 0. The fourth-order valence-electron chi connectivity index (χ4n) is 1.43. The summed E-state index contributed by atoms with van der Waals surface area (Å²) in [6.07, 6.45) is 0. The van der Waals surface area contributed by atoms with Crippen LogP contribution in [-0.2, 0) is 9.59 Å². The summed E-state index contributed by atoms with van der Waals surface area (Å²) in [5, 5.41) is 5.75. The highest BCUT2D eigenvalue weighted by molar-refractivity contribution is 5.86. The Morgan fingerprint density at radius 2 is 2.07 bits per heavy atom. The number of carbonyl (C=O) groups excluding carboxylic acids is 2. The van der Waals surface area contributed by atoms with E-state index in [2.05, 4.69) is 10.6 Å². The van der Waals surface area contributed by atoms with E-state index in [0.717, 1.165) is 26.2 Å². The lowest BCUT2D eigenvalue weighted by Crippen LogP contribution is -2.50. The van der Waals surface area contributed by atoms with Gasteiger partial charge in [0.15, 0.2) is 0 Å². The summed E-state index contributed by atoms with van der Waals surface area (Å²) >= 11 is 0. The molecule has 0 spiro atoms. The normalized spacial score (nSPS) is 19.5. The van der Waals surface area contributed by atoms with E-state index in [1.807, 2.05) is 4.90 Å². The van der Waals surface area contributed by atoms with Gasteiger partial charge in [0.05, 0.1) is 6.54 Å². The Labute approximate surface area is 89.2 Å². The third-order valence-corrected chi connectivity index (χ3v) is 2.38. The van der Waals surface area contributed by atoms with Crippen LogP contribution in [0.15, 0.2) is 0 Å². The topological polar surface area (TPSA) is 87.5 Å². The number of amides is 2. The lowest BCUT2D eigenvalue weighted by molar-refractivity contribution is -0.127. The quantitative estimate of drug-likeness (QED) is 0.499. The van der Waals surface area contributed by atoms with Crippen LogP contribution in [0.1, 0.15) is 6.92 Å². The van der Waals surface area contributed by atoms with Crippen molar-refractivity contribution in [3.8, 4) is 0 Å². The van der Waals surface area contributed by atoms with Gasteiger partial charge in [-0.25, -0.2) is 0 Å². The van der Waals surface area contributed by atoms with Crippen molar-refractivity contribution in [3.05, 3.63) is 0 Å². The first kappa shape index (κ1) is 11.9. The van der Waals surface area contributed by atoms with Crippen molar-refractivity contribution in [2.75, 3.05) is 32.7 Å². The molecule has 86 valence electrons. The molecule has 1 rings (SSSR count). The van der Waals surface area contributed by atoms with Crippen LogP contribution in [0.3, 0.4) is 0 Å². The number of nitrogens with one attached hydrogen (secondary N) is 2. The van der Waals surface area contributed by atoms with Gasteiger partial charge in [-0.3, -0.25) is 14.5 Å². The second-order valence-electron chi connectivity index (χ2n) is 3.72. The predicted octanol–water partition coefficient (Wildman–Crippen LogP) is -2.12. The number of rotatable bonds is 4. The first-order chi connectivity index (χ1) is 7.09. The van der Waals surface area contributed by atoms with Gasteiger partial charge < -0.3 is 16.4 Å². The van der Waals surface area contributed by atoms with Crippen LogP contribution in [-0.4, -0.2) is 55.5 Å². The molecule has 15 heavy (non-hydrogen) atoms. The average Bonchev–Trinajstić information content (AvgIpc) is 2.18. The van der Waals surface area contributed by atoms with E-state index in [0.29, 0.717) is 6.54 Å². The number of nitrogens with zero attached hydrogens (tertiary/aromatic N) is 1. The highest BCUT2D eigenvalue weighted by atomic mass is 16.2. The lowest BCUT2D eigenvalue weighted by atomic mass is 10.3. The van der Waals surface area contributed by atoms with Gasteiger partial charge in [0.1, 0.15) is 6.04 Å². The van der Waals surface area contributed by atoms with Crippen molar-refractivity contribution < 1.29 is 9.59 Å². The van der Waals surface area contributed by atoms with Crippen molar-refractivity contribution in [2.24, 2.45) is 5.73 Å². The molecule has 0 aromatic rings. The average molecular weight is 214 g/mol. The Hall–Kier alpha value is -1.14. The molecule has 0 aromatic heterocycles. The highest BCUT2D eigenvalue weighted by Gasteiger charge is 2.16. The Balaban J connectivity index is 2.25. The number of primary amides is 1. The molecule has 0 bridgehead atoms. The minimum atomic E-state index is -0.597. The van der Waals surface area contributed by atoms with Gasteiger partial charge in [-0.15, -0.1) is 0 Å². The molecule has 1 atom stereocenters. The van der Waals surface area contributed by atoms with Gasteiger partial charge in [0.2, 0.25) is 11.8 Å². The van der Waals surface area contributed by atoms with Gasteiger partial charge in [-0.05, 0) is 6.92 Å². The van der Waals surface area contributed by atoms with E-state index < -0.39 is 11.9 Å². The third kappa shape index (κ3) is 4.26. The molecular formula is C9H18N4O2. The van der Waals surface area contributed by atoms with Crippen molar-refractivity contribution >= 4 is 11.8 Å². The number of hydrogen-bond donors (Lipinski definition) is 3. The van der Waals surface area contributed by atoms with E-state index in [1.165, 1.54) is 0 Å². The van der Waals surface area contributed by atoms with Crippen molar-refractivity contribution in [1.29, 1.82) is 0 Å². The van der Waals surface area contributed by atoms with Gasteiger partial charge in [0.25, 0.3) is 0 Å². The number of nitrogens with two attached hydrogens (primary N) is 1. The van der Waals surface area contributed by atoms with Crippen LogP contribution in [0.2, 0.25) is 0 Å². The molecule has 0 radical (unpaired) electrons. The second kappa shape index (κ2) is 5.67. The van der Waals surface area contributed by atoms with Crippen LogP contribution in [0.25, 0.3) is 0 Å². The zero-order chi connectivity index (χ0) is 11.3. The van der Waals surface area contributed by atoms with Crippen LogP contribution in [0, 0.1) is 0 Å². The molecule has 4 N–H and O–H groups in total. The van der Waals surface area contributed by atoms with E-state index in [-0.39, 0.29) is 5.91 Å². The molecule has 1 saturated heterocycles. The van der Waals surface area contributed by atoms with E-state index in [1.54, 1.807) is 6.92 Å². The first-order valence-corrected chi connectivity index (χ1v) is 5.11. The minimum absolute atomic E-state index is 0.150. The highest BCUT2D eigenvalue weighted by Crippen LogP contribution is 1.91. The molecule has 1 heterocycles. The van der Waals surface area contributed by atoms with Crippen molar-refractivity contribution in [3.63, 3.8) is 0 Å². The Morgan fingerprint density at radius 3 is 2.60 bits per heavy atom. The monoisotopic (exact) mass is 214 g/mol. The largest absolute Gasteiger partial charge is 0.368 e. The third-order valence-electron chi connectivity index (χ3n) is 2.38. The SMILES string of the molecule is CC(NC(=O)CN1CCNCC1)C(N)=O. The number of carbonyl (C=O) groups is 2. The molecule has 6 nitrogen and oxygen atoms in total.